The molecule has 2 aromatic rings. The first-order valence-corrected chi connectivity index (χ1v) is 6.87. The summed E-state index contributed by atoms with van der Waals surface area (Å²) in [6.07, 6.45) is 0.194. The molecule has 2 rings (SSSR count). The molecule has 0 spiro atoms. The van der Waals surface area contributed by atoms with Crippen molar-refractivity contribution in [2.45, 2.75) is 13.0 Å². The van der Waals surface area contributed by atoms with Gasteiger partial charge in [-0.05, 0) is 35.4 Å². The SMILES string of the molecule is [N-]=[N+]=NCCC(=O)NCc1ccc(Oc2ccccc2)cc1. The predicted octanol–water partition coefficient (Wildman–Crippen LogP) is 3.80. The standard InChI is InChI=1S/C16H16N4O2/c17-20-19-11-10-16(21)18-12-13-6-8-15(9-7-13)22-14-4-2-1-3-5-14/h1-9H,10-12H2,(H,18,21). The Bertz CT molecular complexity index is 650. The monoisotopic (exact) mass is 296 g/mol. The fraction of sp³-hybridized carbons (Fsp3) is 0.188. The molecule has 1 N–H and O–H groups in total. The van der Waals surface area contributed by atoms with Gasteiger partial charge in [-0.25, -0.2) is 0 Å². The van der Waals surface area contributed by atoms with Gasteiger partial charge in [-0.2, -0.15) is 0 Å². The highest BCUT2D eigenvalue weighted by Crippen LogP contribution is 2.20. The zero-order valence-corrected chi connectivity index (χ0v) is 12.0. The highest BCUT2D eigenvalue weighted by Gasteiger charge is 2.01. The van der Waals surface area contributed by atoms with Gasteiger partial charge in [0.25, 0.3) is 0 Å². The summed E-state index contributed by atoms with van der Waals surface area (Å²) in [7, 11) is 0. The molecule has 0 unspecified atom stereocenters. The number of nitrogens with zero attached hydrogens (tertiary/aromatic N) is 3. The van der Waals surface area contributed by atoms with E-state index in [1.54, 1.807) is 0 Å². The van der Waals surface area contributed by atoms with Crippen LogP contribution in [-0.2, 0) is 11.3 Å². The summed E-state index contributed by atoms with van der Waals surface area (Å²) in [5, 5.41) is 6.09. The number of carbonyl (C=O) groups excluding carboxylic acids is 1. The van der Waals surface area contributed by atoms with Crippen LogP contribution in [0, 0.1) is 0 Å². The molecule has 1 amide bonds. The Morgan fingerprint density at radius 2 is 1.77 bits per heavy atom. The molecule has 0 bridgehead atoms. The van der Waals surface area contributed by atoms with Gasteiger partial charge in [-0.1, -0.05) is 35.4 Å². The Balaban J connectivity index is 1.81. The molecule has 0 radical (unpaired) electrons. The molecular formula is C16H16N4O2. The van der Waals surface area contributed by atoms with Crippen molar-refractivity contribution in [2.24, 2.45) is 5.11 Å². The van der Waals surface area contributed by atoms with Crippen LogP contribution in [0.1, 0.15) is 12.0 Å². The highest BCUT2D eigenvalue weighted by molar-refractivity contribution is 5.76. The van der Waals surface area contributed by atoms with Gasteiger partial charge in [0.05, 0.1) is 0 Å². The van der Waals surface area contributed by atoms with Gasteiger partial charge >= 0.3 is 0 Å². The van der Waals surface area contributed by atoms with Crippen molar-refractivity contribution >= 4 is 5.91 Å². The van der Waals surface area contributed by atoms with E-state index < -0.39 is 0 Å². The maximum atomic E-state index is 11.5. The van der Waals surface area contributed by atoms with Crippen LogP contribution in [0.4, 0.5) is 0 Å². The minimum Gasteiger partial charge on any atom is -0.457 e. The fourth-order valence-electron chi connectivity index (χ4n) is 1.79. The average molecular weight is 296 g/mol. The molecule has 2 aromatic carbocycles. The minimum atomic E-state index is -0.142. The molecule has 0 fully saturated rings. The second-order valence-electron chi connectivity index (χ2n) is 4.54. The molecule has 6 nitrogen and oxygen atoms in total. The van der Waals surface area contributed by atoms with Crippen molar-refractivity contribution < 1.29 is 9.53 Å². The van der Waals surface area contributed by atoms with Crippen LogP contribution < -0.4 is 10.1 Å². The molecule has 6 heteroatoms. The summed E-state index contributed by atoms with van der Waals surface area (Å²) in [5.74, 6) is 1.38. The molecule has 0 aliphatic carbocycles. The number of hydrogen-bond acceptors (Lipinski definition) is 3. The first-order valence-electron chi connectivity index (χ1n) is 6.87. The van der Waals surface area contributed by atoms with Gasteiger partial charge in [0.2, 0.25) is 5.91 Å². The molecule has 22 heavy (non-hydrogen) atoms. The lowest BCUT2D eigenvalue weighted by Crippen LogP contribution is -2.23. The number of ether oxygens (including phenoxy) is 1. The molecule has 0 heterocycles. The van der Waals surface area contributed by atoms with Gasteiger partial charge < -0.3 is 10.1 Å². The normalized spacial score (nSPS) is 9.64. The first-order chi connectivity index (χ1) is 10.8. The van der Waals surface area contributed by atoms with E-state index in [4.69, 9.17) is 10.3 Å². The Morgan fingerprint density at radius 3 is 2.45 bits per heavy atom. The van der Waals surface area contributed by atoms with Crippen molar-refractivity contribution in [3.05, 3.63) is 70.6 Å². The van der Waals surface area contributed by atoms with Crippen LogP contribution in [-0.4, -0.2) is 12.5 Å². The lowest BCUT2D eigenvalue weighted by Gasteiger charge is -2.07. The second-order valence-corrected chi connectivity index (χ2v) is 4.54. The molecule has 0 saturated heterocycles. The van der Waals surface area contributed by atoms with E-state index in [-0.39, 0.29) is 18.9 Å². The second kappa shape index (κ2) is 8.34. The van der Waals surface area contributed by atoms with E-state index in [1.807, 2.05) is 54.6 Å². The third-order valence-electron chi connectivity index (χ3n) is 2.89. The summed E-state index contributed by atoms with van der Waals surface area (Å²) in [6.45, 7) is 0.604. The molecule has 112 valence electrons. The van der Waals surface area contributed by atoms with Crippen LogP contribution in [0.3, 0.4) is 0 Å². The first kappa shape index (κ1) is 15.4. The summed E-state index contributed by atoms with van der Waals surface area (Å²) >= 11 is 0. The maximum absolute atomic E-state index is 11.5. The summed E-state index contributed by atoms with van der Waals surface area (Å²) in [4.78, 5) is 14.1. The Kier molecular flexibility index (Phi) is 5.84. The number of benzene rings is 2. The minimum absolute atomic E-state index is 0.142. The molecule has 0 aliphatic rings. The average Bonchev–Trinajstić information content (AvgIpc) is 2.55. The smallest absolute Gasteiger partial charge is 0.220 e. The van der Waals surface area contributed by atoms with Crippen LogP contribution in [0.25, 0.3) is 10.4 Å². The van der Waals surface area contributed by atoms with Crippen molar-refractivity contribution in [1.29, 1.82) is 0 Å². The van der Waals surface area contributed by atoms with Gasteiger partial charge in [-0.15, -0.1) is 0 Å². The van der Waals surface area contributed by atoms with E-state index >= 15 is 0 Å². The Hall–Kier alpha value is -2.98. The third-order valence-corrected chi connectivity index (χ3v) is 2.89. The zero-order valence-electron chi connectivity index (χ0n) is 12.0. The molecule has 0 aromatic heterocycles. The largest absolute Gasteiger partial charge is 0.457 e. The van der Waals surface area contributed by atoms with Crippen LogP contribution >= 0.6 is 0 Å². The van der Waals surface area contributed by atoms with Crippen molar-refractivity contribution in [3.63, 3.8) is 0 Å². The zero-order chi connectivity index (χ0) is 15.6. The molecule has 0 saturated carbocycles. The lowest BCUT2D eigenvalue weighted by atomic mass is 10.2. The number of nitrogens with one attached hydrogen (secondary N) is 1. The molecule has 0 aliphatic heterocycles. The number of hydrogen-bond donors (Lipinski definition) is 1. The topological polar surface area (TPSA) is 87.1 Å². The van der Waals surface area contributed by atoms with Gasteiger partial charge in [0.1, 0.15) is 11.5 Å². The Morgan fingerprint density at radius 1 is 1.09 bits per heavy atom. The summed E-state index contributed by atoms with van der Waals surface area (Å²) in [6, 6.07) is 17.0. The molecular weight excluding hydrogens is 280 g/mol. The fourth-order valence-corrected chi connectivity index (χ4v) is 1.79. The third kappa shape index (κ3) is 5.19. The van der Waals surface area contributed by atoms with E-state index in [0.717, 1.165) is 17.1 Å². The van der Waals surface area contributed by atoms with E-state index in [0.29, 0.717) is 6.54 Å². The molecule has 0 atom stereocenters. The van der Waals surface area contributed by atoms with Crippen molar-refractivity contribution in [1.82, 2.24) is 5.32 Å². The summed E-state index contributed by atoms with van der Waals surface area (Å²) < 4.78 is 5.69. The van der Waals surface area contributed by atoms with Gasteiger partial charge in [0.15, 0.2) is 0 Å². The van der Waals surface area contributed by atoms with Crippen LogP contribution in [0.5, 0.6) is 11.5 Å². The van der Waals surface area contributed by atoms with Crippen molar-refractivity contribution in [2.75, 3.05) is 6.54 Å². The van der Waals surface area contributed by atoms with E-state index in [2.05, 4.69) is 15.3 Å². The highest BCUT2D eigenvalue weighted by atomic mass is 16.5. The number of amides is 1. The van der Waals surface area contributed by atoms with E-state index in [1.165, 1.54) is 0 Å². The number of carbonyl (C=O) groups is 1. The van der Waals surface area contributed by atoms with Gasteiger partial charge in [0, 0.05) is 24.4 Å². The number of azide groups is 1. The quantitative estimate of drug-likeness (QED) is 0.478. The van der Waals surface area contributed by atoms with Crippen LogP contribution in [0.2, 0.25) is 0 Å². The summed E-state index contributed by atoms with van der Waals surface area (Å²) in [5.41, 5.74) is 9.10. The predicted molar refractivity (Wildman–Crippen MR) is 83.4 cm³/mol. The number of rotatable bonds is 7. The van der Waals surface area contributed by atoms with Gasteiger partial charge in [-0.3, -0.25) is 4.79 Å². The van der Waals surface area contributed by atoms with Crippen molar-refractivity contribution in [3.8, 4) is 11.5 Å². The van der Waals surface area contributed by atoms with Crippen LogP contribution in [0.15, 0.2) is 59.7 Å². The Labute approximate surface area is 128 Å². The maximum Gasteiger partial charge on any atom is 0.220 e. The van der Waals surface area contributed by atoms with E-state index in [9.17, 15) is 4.79 Å². The lowest BCUT2D eigenvalue weighted by molar-refractivity contribution is -0.121. The number of para-hydroxylation sites is 1.